The highest BCUT2D eigenvalue weighted by atomic mass is 16.5. The van der Waals surface area contributed by atoms with Gasteiger partial charge in [0, 0.05) is 19.8 Å². The molecule has 0 fully saturated rings. The fourth-order valence-electron chi connectivity index (χ4n) is 1.96. The van der Waals surface area contributed by atoms with Crippen molar-refractivity contribution in [3.63, 3.8) is 0 Å². The lowest BCUT2D eigenvalue weighted by atomic mass is 9.96. The molecule has 0 aliphatic rings. The van der Waals surface area contributed by atoms with Crippen LogP contribution in [0.3, 0.4) is 0 Å². The third-order valence-electron chi connectivity index (χ3n) is 2.72. The fraction of sp³-hybridized carbons (Fsp3) is 1.00. The van der Waals surface area contributed by atoms with Crippen LogP contribution < -0.4 is 5.32 Å². The monoisotopic (exact) mass is 215 g/mol. The Kier molecular flexibility index (Phi) is 9.12. The van der Waals surface area contributed by atoms with Crippen molar-refractivity contribution in [3.05, 3.63) is 0 Å². The van der Waals surface area contributed by atoms with Crippen molar-refractivity contribution in [2.24, 2.45) is 11.8 Å². The Balaban J connectivity index is 3.80. The van der Waals surface area contributed by atoms with Crippen LogP contribution in [0.15, 0.2) is 0 Å². The van der Waals surface area contributed by atoms with Crippen LogP contribution in [0.1, 0.15) is 47.0 Å². The molecule has 0 aromatic rings. The van der Waals surface area contributed by atoms with E-state index in [-0.39, 0.29) is 0 Å². The highest BCUT2D eigenvalue weighted by Crippen LogP contribution is 2.14. The van der Waals surface area contributed by atoms with Gasteiger partial charge in [0.15, 0.2) is 0 Å². The fourth-order valence-corrected chi connectivity index (χ4v) is 1.96. The molecule has 92 valence electrons. The Morgan fingerprint density at radius 3 is 2.27 bits per heavy atom. The molecule has 0 saturated carbocycles. The number of nitrogens with one attached hydrogen (secondary N) is 1. The van der Waals surface area contributed by atoms with Crippen molar-refractivity contribution in [2.75, 3.05) is 20.3 Å². The molecule has 0 aromatic carbocycles. The Hall–Kier alpha value is -0.0800. The maximum Gasteiger partial charge on any atom is 0.0488 e. The third kappa shape index (κ3) is 8.88. The molecule has 2 atom stereocenters. The van der Waals surface area contributed by atoms with E-state index in [0.29, 0.717) is 12.0 Å². The van der Waals surface area contributed by atoms with Crippen LogP contribution in [0.5, 0.6) is 0 Å². The second-order valence-electron chi connectivity index (χ2n) is 5.02. The molecule has 0 aliphatic heterocycles. The predicted molar refractivity (Wildman–Crippen MR) is 67.2 cm³/mol. The number of ether oxygens (including phenoxy) is 1. The first-order valence-electron chi connectivity index (χ1n) is 6.32. The van der Waals surface area contributed by atoms with E-state index in [1.54, 1.807) is 7.11 Å². The summed E-state index contributed by atoms with van der Waals surface area (Å²) in [4.78, 5) is 0. The topological polar surface area (TPSA) is 21.3 Å². The molecule has 0 bridgehead atoms. The minimum Gasteiger partial charge on any atom is -0.384 e. The van der Waals surface area contributed by atoms with Crippen LogP contribution in [-0.4, -0.2) is 26.3 Å². The zero-order valence-electron chi connectivity index (χ0n) is 11.2. The summed E-state index contributed by atoms with van der Waals surface area (Å²) < 4.78 is 5.18. The third-order valence-corrected chi connectivity index (χ3v) is 2.72. The lowest BCUT2D eigenvalue weighted by molar-refractivity contribution is 0.148. The number of rotatable bonds is 9. The van der Waals surface area contributed by atoms with Gasteiger partial charge in [-0.1, -0.05) is 27.7 Å². The molecule has 0 radical (unpaired) electrons. The van der Waals surface area contributed by atoms with E-state index in [4.69, 9.17) is 4.74 Å². The van der Waals surface area contributed by atoms with Crippen LogP contribution in [-0.2, 0) is 4.74 Å². The Morgan fingerprint density at radius 2 is 1.80 bits per heavy atom. The maximum absolute atomic E-state index is 5.18. The Morgan fingerprint density at radius 1 is 1.13 bits per heavy atom. The molecular weight excluding hydrogens is 186 g/mol. The molecule has 0 saturated heterocycles. The van der Waals surface area contributed by atoms with Gasteiger partial charge in [-0.3, -0.25) is 0 Å². The minimum absolute atomic E-state index is 0.659. The summed E-state index contributed by atoms with van der Waals surface area (Å²) in [6.45, 7) is 11.0. The van der Waals surface area contributed by atoms with E-state index in [1.165, 1.54) is 19.3 Å². The van der Waals surface area contributed by atoms with Crippen LogP contribution in [0.2, 0.25) is 0 Å². The van der Waals surface area contributed by atoms with Gasteiger partial charge in [0.1, 0.15) is 0 Å². The van der Waals surface area contributed by atoms with Crippen molar-refractivity contribution in [3.8, 4) is 0 Å². The molecule has 15 heavy (non-hydrogen) atoms. The molecule has 2 heteroatoms. The summed E-state index contributed by atoms with van der Waals surface area (Å²) in [5.74, 6) is 1.47. The molecule has 2 unspecified atom stereocenters. The Labute approximate surface area is 95.8 Å². The van der Waals surface area contributed by atoms with Gasteiger partial charge >= 0.3 is 0 Å². The standard InChI is InChI=1S/C13H29NO/c1-6-14-13(8-7-11(2)3)9-12(4)10-15-5/h11-14H,6-10H2,1-5H3. The summed E-state index contributed by atoms with van der Waals surface area (Å²) in [5.41, 5.74) is 0. The zero-order valence-corrected chi connectivity index (χ0v) is 11.2. The van der Waals surface area contributed by atoms with Crippen molar-refractivity contribution >= 4 is 0 Å². The van der Waals surface area contributed by atoms with Crippen molar-refractivity contribution < 1.29 is 4.74 Å². The van der Waals surface area contributed by atoms with E-state index in [9.17, 15) is 0 Å². The second kappa shape index (κ2) is 9.17. The van der Waals surface area contributed by atoms with Gasteiger partial charge in [0.2, 0.25) is 0 Å². The van der Waals surface area contributed by atoms with Gasteiger partial charge in [0.25, 0.3) is 0 Å². The number of hydrogen-bond donors (Lipinski definition) is 1. The summed E-state index contributed by atoms with van der Waals surface area (Å²) in [6.07, 6.45) is 3.84. The minimum atomic E-state index is 0.659. The highest BCUT2D eigenvalue weighted by Gasteiger charge is 2.12. The first-order valence-corrected chi connectivity index (χ1v) is 6.32. The van der Waals surface area contributed by atoms with E-state index in [1.807, 2.05) is 0 Å². The molecule has 0 heterocycles. The van der Waals surface area contributed by atoms with Crippen molar-refractivity contribution in [2.45, 2.75) is 53.0 Å². The molecule has 0 aliphatic carbocycles. The van der Waals surface area contributed by atoms with Gasteiger partial charge < -0.3 is 10.1 Å². The average Bonchev–Trinajstić information content (AvgIpc) is 2.15. The van der Waals surface area contributed by atoms with Crippen molar-refractivity contribution in [1.82, 2.24) is 5.32 Å². The van der Waals surface area contributed by atoms with E-state index in [0.717, 1.165) is 19.1 Å². The second-order valence-corrected chi connectivity index (χ2v) is 5.02. The van der Waals surface area contributed by atoms with E-state index in [2.05, 4.69) is 33.0 Å². The number of hydrogen-bond acceptors (Lipinski definition) is 2. The molecule has 0 spiro atoms. The number of methoxy groups -OCH3 is 1. The lowest BCUT2D eigenvalue weighted by Gasteiger charge is -2.22. The van der Waals surface area contributed by atoms with Gasteiger partial charge in [-0.15, -0.1) is 0 Å². The molecule has 1 N–H and O–H groups in total. The van der Waals surface area contributed by atoms with Gasteiger partial charge in [-0.2, -0.15) is 0 Å². The SMILES string of the molecule is CCNC(CCC(C)C)CC(C)COC. The normalized spacial score (nSPS) is 15.6. The van der Waals surface area contributed by atoms with Gasteiger partial charge in [0.05, 0.1) is 0 Å². The summed E-state index contributed by atoms with van der Waals surface area (Å²) in [7, 11) is 1.78. The van der Waals surface area contributed by atoms with Crippen LogP contribution in [0.4, 0.5) is 0 Å². The maximum atomic E-state index is 5.18. The molecular formula is C13H29NO. The lowest BCUT2D eigenvalue weighted by Crippen LogP contribution is -2.31. The van der Waals surface area contributed by atoms with Gasteiger partial charge in [-0.05, 0) is 37.6 Å². The highest BCUT2D eigenvalue weighted by molar-refractivity contribution is 4.70. The molecule has 0 aromatic heterocycles. The largest absolute Gasteiger partial charge is 0.384 e. The summed E-state index contributed by atoms with van der Waals surface area (Å²) in [6, 6.07) is 0.669. The smallest absolute Gasteiger partial charge is 0.0488 e. The van der Waals surface area contributed by atoms with E-state index >= 15 is 0 Å². The van der Waals surface area contributed by atoms with E-state index < -0.39 is 0 Å². The molecule has 2 nitrogen and oxygen atoms in total. The van der Waals surface area contributed by atoms with Crippen LogP contribution in [0, 0.1) is 11.8 Å². The van der Waals surface area contributed by atoms with Crippen LogP contribution in [0.25, 0.3) is 0 Å². The molecule has 0 amide bonds. The zero-order chi connectivity index (χ0) is 11.7. The summed E-state index contributed by atoms with van der Waals surface area (Å²) >= 11 is 0. The molecule has 0 rings (SSSR count). The quantitative estimate of drug-likeness (QED) is 0.638. The predicted octanol–water partition coefficient (Wildman–Crippen LogP) is 3.07. The summed E-state index contributed by atoms with van der Waals surface area (Å²) in [5, 5.41) is 3.57. The first kappa shape index (κ1) is 14.9. The Bertz CT molecular complexity index is 136. The van der Waals surface area contributed by atoms with Gasteiger partial charge in [-0.25, -0.2) is 0 Å². The first-order chi connectivity index (χ1) is 7.10. The average molecular weight is 215 g/mol. The van der Waals surface area contributed by atoms with Crippen LogP contribution >= 0.6 is 0 Å². The van der Waals surface area contributed by atoms with Crippen molar-refractivity contribution in [1.29, 1.82) is 0 Å².